The van der Waals surface area contributed by atoms with Gasteiger partial charge in [-0.25, -0.2) is 8.78 Å². The van der Waals surface area contributed by atoms with Crippen LogP contribution in [0.25, 0.3) is 0 Å². The molecule has 4 rings (SSSR count). The van der Waals surface area contributed by atoms with Gasteiger partial charge in [0.25, 0.3) is 5.91 Å². The number of rotatable bonds is 4. The quantitative estimate of drug-likeness (QED) is 0.708. The van der Waals surface area contributed by atoms with E-state index in [-0.39, 0.29) is 24.3 Å². The molecule has 1 amide bonds. The zero-order chi connectivity index (χ0) is 18.8. The molecule has 0 spiro atoms. The van der Waals surface area contributed by atoms with Gasteiger partial charge in [-0.05, 0) is 36.2 Å². The highest BCUT2D eigenvalue weighted by Gasteiger charge is 2.29. The largest absolute Gasteiger partial charge is 0.481 e. The fraction of sp³-hybridized carbons (Fsp3) is 0.200. The minimum atomic E-state index is -0.837. The first-order valence-corrected chi connectivity index (χ1v) is 8.57. The molecule has 1 unspecified atom stereocenters. The molecule has 0 radical (unpaired) electrons. The topological polar surface area (TPSA) is 47.4 Å². The van der Waals surface area contributed by atoms with E-state index in [1.54, 1.807) is 11.1 Å². The third-order valence-corrected chi connectivity index (χ3v) is 4.58. The number of carbonyl (C=O) groups excluding carboxylic acids is 1. The maximum atomic E-state index is 13.7. The Bertz CT molecular complexity index is 960. The van der Waals surface area contributed by atoms with Gasteiger partial charge in [-0.15, -0.1) is 0 Å². The SMILES string of the molecule is O=C(COc1ccc(F)cc1F)N1CC(n2cccn2)Cc2ccccc21. The van der Waals surface area contributed by atoms with E-state index in [0.29, 0.717) is 6.54 Å². The number of hydrogen-bond donors (Lipinski definition) is 0. The predicted molar refractivity (Wildman–Crippen MR) is 95.6 cm³/mol. The lowest BCUT2D eigenvalue weighted by Gasteiger charge is -2.34. The summed E-state index contributed by atoms with van der Waals surface area (Å²) >= 11 is 0. The van der Waals surface area contributed by atoms with Crippen LogP contribution in [0, 0.1) is 11.6 Å². The Hall–Kier alpha value is -3.22. The zero-order valence-electron chi connectivity index (χ0n) is 14.4. The summed E-state index contributed by atoms with van der Waals surface area (Å²) in [5.74, 6) is -1.99. The van der Waals surface area contributed by atoms with Gasteiger partial charge in [0, 0.05) is 30.7 Å². The maximum absolute atomic E-state index is 13.7. The van der Waals surface area contributed by atoms with Crippen LogP contribution >= 0.6 is 0 Å². The Morgan fingerprint density at radius 1 is 1.19 bits per heavy atom. The van der Waals surface area contributed by atoms with Crippen molar-refractivity contribution in [1.29, 1.82) is 0 Å². The second-order valence-corrected chi connectivity index (χ2v) is 6.34. The van der Waals surface area contributed by atoms with Gasteiger partial charge >= 0.3 is 0 Å². The van der Waals surface area contributed by atoms with Crippen molar-refractivity contribution in [3.8, 4) is 5.75 Å². The van der Waals surface area contributed by atoms with E-state index in [1.165, 1.54) is 6.07 Å². The Morgan fingerprint density at radius 3 is 2.81 bits per heavy atom. The van der Waals surface area contributed by atoms with E-state index < -0.39 is 11.6 Å². The van der Waals surface area contributed by atoms with Gasteiger partial charge in [-0.3, -0.25) is 9.48 Å². The minimum Gasteiger partial charge on any atom is -0.481 e. The number of benzene rings is 2. The Labute approximate surface area is 154 Å². The van der Waals surface area contributed by atoms with Crippen molar-refractivity contribution in [2.75, 3.05) is 18.1 Å². The van der Waals surface area contributed by atoms with Crippen LogP contribution in [-0.2, 0) is 11.2 Å². The van der Waals surface area contributed by atoms with Crippen LogP contribution in [0.2, 0.25) is 0 Å². The predicted octanol–water partition coefficient (Wildman–Crippen LogP) is 3.37. The lowest BCUT2D eigenvalue weighted by Crippen LogP contribution is -2.43. The molecule has 1 aliphatic heterocycles. The average molecular weight is 369 g/mol. The van der Waals surface area contributed by atoms with E-state index in [2.05, 4.69) is 5.10 Å². The first-order valence-electron chi connectivity index (χ1n) is 8.57. The van der Waals surface area contributed by atoms with Crippen LogP contribution in [0.15, 0.2) is 60.9 Å². The molecule has 2 heterocycles. The fourth-order valence-electron chi connectivity index (χ4n) is 3.29. The van der Waals surface area contributed by atoms with Crippen molar-refractivity contribution in [2.45, 2.75) is 12.5 Å². The fourth-order valence-corrected chi connectivity index (χ4v) is 3.29. The summed E-state index contributed by atoms with van der Waals surface area (Å²) in [6.07, 6.45) is 4.33. The first kappa shape index (κ1) is 17.2. The van der Waals surface area contributed by atoms with Crippen LogP contribution < -0.4 is 9.64 Å². The number of amides is 1. The molecule has 7 heteroatoms. The zero-order valence-corrected chi connectivity index (χ0v) is 14.4. The highest BCUT2D eigenvalue weighted by Crippen LogP contribution is 2.31. The van der Waals surface area contributed by atoms with Gasteiger partial charge in [-0.2, -0.15) is 5.10 Å². The normalized spacial score (nSPS) is 16.1. The highest BCUT2D eigenvalue weighted by molar-refractivity contribution is 5.95. The number of halogens is 2. The Morgan fingerprint density at radius 2 is 2.04 bits per heavy atom. The molecule has 0 aliphatic carbocycles. The average Bonchev–Trinajstić information content (AvgIpc) is 3.21. The molecule has 0 saturated heterocycles. The van der Waals surface area contributed by atoms with Crippen LogP contribution in [-0.4, -0.2) is 28.8 Å². The Kier molecular flexibility index (Phi) is 4.58. The number of fused-ring (bicyclic) bond motifs is 1. The third-order valence-electron chi connectivity index (χ3n) is 4.58. The van der Waals surface area contributed by atoms with Crippen LogP contribution in [0.4, 0.5) is 14.5 Å². The van der Waals surface area contributed by atoms with E-state index in [4.69, 9.17) is 4.74 Å². The van der Waals surface area contributed by atoms with Gasteiger partial charge < -0.3 is 9.64 Å². The van der Waals surface area contributed by atoms with Crippen LogP contribution in [0.3, 0.4) is 0 Å². The lowest BCUT2D eigenvalue weighted by molar-refractivity contribution is -0.120. The van der Waals surface area contributed by atoms with Crippen molar-refractivity contribution < 1.29 is 18.3 Å². The van der Waals surface area contributed by atoms with Crippen LogP contribution in [0.5, 0.6) is 5.75 Å². The number of aromatic nitrogens is 2. The number of carbonyl (C=O) groups is 1. The smallest absolute Gasteiger partial charge is 0.264 e. The second-order valence-electron chi connectivity index (χ2n) is 6.34. The summed E-state index contributed by atoms with van der Waals surface area (Å²) in [5.41, 5.74) is 1.85. The Balaban J connectivity index is 1.54. The summed E-state index contributed by atoms with van der Waals surface area (Å²) in [6.45, 7) is 0.0928. The molecule has 27 heavy (non-hydrogen) atoms. The first-order chi connectivity index (χ1) is 13.1. The summed E-state index contributed by atoms with van der Waals surface area (Å²) < 4.78 is 33.9. The number of ether oxygens (including phenoxy) is 1. The summed E-state index contributed by atoms with van der Waals surface area (Å²) in [5, 5.41) is 4.28. The second kappa shape index (κ2) is 7.19. The molecule has 1 aliphatic rings. The standard InChI is InChI=1S/C20H17F2N3O2/c21-15-6-7-19(17(22)11-15)27-13-20(26)24-12-16(25-9-3-8-23-25)10-14-4-1-2-5-18(14)24/h1-9,11,16H,10,12-13H2. The van der Waals surface area contributed by atoms with Gasteiger partial charge in [0.1, 0.15) is 5.82 Å². The highest BCUT2D eigenvalue weighted by atomic mass is 19.1. The molecular formula is C20H17F2N3O2. The van der Waals surface area contributed by atoms with Gasteiger partial charge in [0.05, 0.1) is 6.04 Å². The number of para-hydroxylation sites is 1. The number of anilines is 1. The molecule has 1 atom stereocenters. The van der Waals surface area contributed by atoms with Crippen molar-refractivity contribution in [2.24, 2.45) is 0 Å². The number of nitrogens with zero attached hydrogens (tertiary/aromatic N) is 3. The molecule has 1 aromatic heterocycles. The molecule has 0 saturated carbocycles. The van der Waals surface area contributed by atoms with E-state index in [1.807, 2.05) is 41.2 Å². The molecule has 138 valence electrons. The summed E-state index contributed by atoms with van der Waals surface area (Å²) in [7, 11) is 0. The molecule has 0 bridgehead atoms. The van der Waals surface area contributed by atoms with E-state index >= 15 is 0 Å². The molecule has 3 aromatic rings. The van der Waals surface area contributed by atoms with Gasteiger partial charge in [0.2, 0.25) is 0 Å². The van der Waals surface area contributed by atoms with Gasteiger partial charge in [0.15, 0.2) is 18.2 Å². The van der Waals surface area contributed by atoms with E-state index in [9.17, 15) is 13.6 Å². The van der Waals surface area contributed by atoms with Gasteiger partial charge in [-0.1, -0.05) is 18.2 Å². The monoisotopic (exact) mass is 369 g/mol. The maximum Gasteiger partial charge on any atom is 0.264 e. The molecule has 0 N–H and O–H groups in total. The molecular weight excluding hydrogens is 352 g/mol. The van der Waals surface area contributed by atoms with Crippen LogP contribution in [0.1, 0.15) is 11.6 Å². The molecule has 2 aromatic carbocycles. The van der Waals surface area contributed by atoms with Crippen molar-refractivity contribution in [3.63, 3.8) is 0 Å². The third kappa shape index (κ3) is 3.53. The van der Waals surface area contributed by atoms with Crippen molar-refractivity contribution >= 4 is 11.6 Å². The molecule has 0 fully saturated rings. The van der Waals surface area contributed by atoms with Crippen molar-refractivity contribution in [3.05, 3.63) is 78.1 Å². The number of hydrogen-bond acceptors (Lipinski definition) is 3. The summed E-state index contributed by atoms with van der Waals surface area (Å²) in [6, 6.07) is 12.5. The van der Waals surface area contributed by atoms with Crippen molar-refractivity contribution in [1.82, 2.24) is 9.78 Å². The molecule has 5 nitrogen and oxygen atoms in total. The minimum absolute atomic E-state index is 0.00130. The summed E-state index contributed by atoms with van der Waals surface area (Å²) in [4.78, 5) is 14.4. The lowest BCUT2D eigenvalue weighted by atomic mass is 9.98. The van der Waals surface area contributed by atoms with E-state index in [0.717, 1.165) is 29.8 Å².